The van der Waals surface area contributed by atoms with Gasteiger partial charge in [0.25, 0.3) is 5.91 Å². The molecule has 1 aliphatic heterocycles. The highest BCUT2D eigenvalue weighted by Crippen LogP contribution is 2.27. The first-order valence-electron chi connectivity index (χ1n) is 9.06. The third-order valence-corrected chi connectivity index (χ3v) is 4.99. The smallest absolute Gasteiger partial charge is 0.257 e. The second-order valence-corrected chi connectivity index (χ2v) is 7.53. The van der Waals surface area contributed by atoms with Crippen LogP contribution < -0.4 is 5.32 Å². The van der Waals surface area contributed by atoms with Crippen molar-refractivity contribution in [2.75, 3.05) is 40.3 Å². The Kier molecular flexibility index (Phi) is 7.72. The number of carbonyl (C=O) groups excluding carboxylic acids is 2. The third-order valence-electron chi connectivity index (χ3n) is 4.75. The molecule has 1 aromatic rings. The van der Waals surface area contributed by atoms with Gasteiger partial charge in [0.05, 0.1) is 5.56 Å². The van der Waals surface area contributed by atoms with Crippen molar-refractivity contribution in [1.29, 1.82) is 0 Å². The molecule has 2 amide bonds. The van der Waals surface area contributed by atoms with Gasteiger partial charge in [-0.25, -0.2) is 0 Å². The van der Waals surface area contributed by atoms with Gasteiger partial charge in [-0.3, -0.25) is 9.59 Å². The summed E-state index contributed by atoms with van der Waals surface area (Å²) in [4.78, 5) is 28.2. The van der Waals surface area contributed by atoms with Crippen LogP contribution in [0.25, 0.3) is 0 Å². The first-order chi connectivity index (χ1) is 12.4. The Hall–Kier alpha value is -1.79. The van der Waals surface area contributed by atoms with Crippen LogP contribution in [-0.2, 0) is 4.79 Å². The minimum Gasteiger partial charge on any atom is -0.507 e. The van der Waals surface area contributed by atoms with Crippen molar-refractivity contribution in [3.63, 3.8) is 0 Å². The Bertz CT molecular complexity index is 628. The standard InChI is InChI=1S/C19H28ClN3O3/c1-22(2)12-9-21-18(25)6-3-14-7-10-23(11-8-14)19(26)16-5-4-15(20)13-17(16)24/h4-5,13-14,24H,3,6-12H2,1-2H3,(H,21,25). The molecule has 0 saturated carbocycles. The minimum absolute atomic E-state index is 0.0842. The number of hydrogen-bond donors (Lipinski definition) is 2. The van der Waals surface area contributed by atoms with E-state index in [1.165, 1.54) is 6.07 Å². The van der Waals surface area contributed by atoms with Crippen LogP contribution in [0.1, 0.15) is 36.0 Å². The van der Waals surface area contributed by atoms with Crippen LogP contribution in [-0.4, -0.2) is 67.0 Å². The molecule has 26 heavy (non-hydrogen) atoms. The maximum atomic E-state index is 12.5. The third kappa shape index (κ3) is 6.18. The van der Waals surface area contributed by atoms with E-state index in [9.17, 15) is 14.7 Å². The molecular weight excluding hydrogens is 354 g/mol. The zero-order valence-electron chi connectivity index (χ0n) is 15.5. The van der Waals surface area contributed by atoms with E-state index in [1.807, 2.05) is 19.0 Å². The molecule has 144 valence electrons. The van der Waals surface area contributed by atoms with Gasteiger partial charge in [0, 0.05) is 37.6 Å². The average Bonchev–Trinajstić information content (AvgIpc) is 2.59. The van der Waals surface area contributed by atoms with Crippen molar-refractivity contribution < 1.29 is 14.7 Å². The van der Waals surface area contributed by atoms with E-state index < -0.39 is 0 Å². The number of likely N-dealkylation sites (tertiary alicyclic amines) is 1. The van der Waals surface area contributed by atoms with E-state index >= 15 is 0 Å². The number of rotatable bonds is 7. The largest absolute Gasteiger partial charge is 0.507 e. The average molecular weight is 382 g/mol. The summed E-state index contributed by atoms with van der Waals surface area (Å²) in [7, 11) is 3.95. The van der Waals surface area contributed by atoms with E-state index in [1.54, 1.807) is 17.0 Å². The van der Waals surface area contributed by atoms with Gasteiger partial charge in [-0.05, 0) is 57.5 Å². The first-order valence-corrected chi connectivity index (χ1v) is 9.44. The van der Waals surface area contributed by atoms with Gasteiger partial charge in [-0.15, -0.1) is 0 Å². The van der Waals surface area contributed by atoms with Gasteiger partial charge in [-0.2, -0.15) is 0 Å². The maximum Gasteiger partial charge on any atom is 0.257 e. The van der Waals surface area contributed by atoms with Crippen LogP contribution in [0.4, 0.5) is 0 Å². The number of nitrogens with one attached hydrogen (secondary N) is 1. The predicted octanol–water partition coefficient (Wildman–Crippen LogP) is 2.36. The molecule has 7 heteroatoms. The Morgan fingerprint density at radius 3 is 2.62 bits per heavy atom. The van der Waals surface area contributed by atoms with Crippen molar-refractivity contribution in [3.05, 3.63) is 28.8 Å². The molecule has 0 aliphatic carbocycles. The van der Waals surface area contributed by atoms with Crippen molar-refractivity contribution in [1.82, 2.24) is 15.1 Å². The Labute approximate surface area is 160 Å². The monoisotopic (exact) mass is 381 g/mol. The zero-order valence-corrected chi connectivity index (χ0v) is 16.3. The van der Waals surface area contributed by atoms with E-state index in [2.05, 4.69) is 5.32 Å². The Morgan fingerprint density at radius 2 is 2.00 bits per heavy atom. The number of piperidine rings is 1. The normalized spacial score (nSPS) is 15.3. The summed E-state index contributed by atoms with van der Waals surface area (Å²) >= 11 is 5.81. The fourth-order valence-corrected chi connectivity index (χ4v) is 3.29. The number of likely N-dealkylation sites (N-methyl/N-ethyl adjacent to an activating group) is 1. The molecule has 0 unspecified atom stereocenters. The lowest BCUT2D eigenvalue weighted by Crippen LogP contribution is -2.39. The van der Waals surface area contributed by atoms with Crippen LogP contribution in [0.5, 0.6) is 5.75 Å². The topological polar surface area (TPSA) is 72.9 Å². The predicted molar refractivity (Wildman–Crippen MR) is 103 cm³/mol. The van der Waals surface area contributed by atoms with E-state index in [4.69, 9.17) is 11.6 Å². The molecule has 0 aromatic heterocycles. The van der Waals surface area contributed by atoms with E-state index in [0.29, 0.717) is 37.0 Å². The van der Waals surface area contributed by atoms with E-state index in [0.717, 1.165) is 25.8 Å². The number of amides is 2. The highest BCUT2D eigenvalue weighted by Gasteiger charge is 2.25. The fraction of sp³-hybridized carbons (Fsp3) is 0.579. The zero-order chi connectivity index (χ0) is 19.1. The van der Waals surface area contributed by atoms with E-state index in [-0.39, 0.29) is 23.1 Å². The lowest BCUT2D eigenvalue weighted by atomic mass is 9.91. The van der Waals surface area contributed by atoms with Crippen molar-refractivity contribution in [2.45, 2.75) is 25.7 Å². The van der Waals surface area contributed by atoms with Crippen LogP contribution >= 0.6 is 11.6 Å². The minimum atomic E-state index is -0.168. The molecular formula is C19H28ClN3O3. The molecule has 2 N–H and O–H groups in total. The van der Waals surface area contributed by atoms with Crippen LogP contribution in [0, 0.1) is 5.92 Å². The number of aromatic hydroxyl groups is 1. The van der Waals surface area contributed by atoms with Gasteiger partial charge < -0.3 is 20.2 Å². The first kappa shape index (κ1) is 20.5. The lowest BCUT2D eigenvalue weighted by molar-refractivity contribution is -0.121. The highest BCUT2D eigenvalue weighted by atomic mass is 35.5. The van der Waals surface area contributed by atoms with Crippen LogP contribution in [0.2, 0.25) is 5.02 Å². The molecule has 1 fully saturated rings. The molecule has 2 rings (SSSR count). The van der Waals surface area contributed by atoms with Gasteiger partial charge in [-0.1, -0.05) is 11.6 Å². The molecule has 0 bridgehead atoms. The molecule has 1 saturated heterocycles. The van der Waals surface area contributed by atoms with Crippen LogP contribution in [0.15, 0.2) is 18.2 Å². The summed E-state index contributed by atoms with van der Waals surface area (Å²) in [6, 6.07) is 4.55. The number of hydrogen-bond acceptors (Lipinski definition) is 4. The molecule has 0 radical (unpaired) electrons. The molecule has 0 spiro atoms. The number of nitrogens with zero attached hydrogens (tertiary/aromatic N) is 2. The summed E-state index contributed by atoms with van der Waals surface area (Å²) in [6.07, 6.45) is 3.14. The highest BCUT2D eigenvalue weighted by molar-refractivity contribution is 6.30. The maximum absolute atomic E-state index is 12.5. The van der Waals surface area contributed by atoms with Gasteiger partial charge >= 0.3 is 0 Å². The summed E-state index contributed by atoms with van der Waals surface area (Å²) in [6.45, 7) is 2.80. The summed E-state index contributed by atoms with van der Waals surface area (Å²) in [5.74, 6) is 0.298. The number of halogens is 1. The summed E-state index contributed by atoms with van der Waals surface area (Å²) in [5, 5.41) is 13.2. The molecule has 6 nitrogen and oxygen atoms in total. The van der Waals surface area contributed by atoms with Gasteiger partial charge in [0.1, 0.15) is 5.75 Å². The summed E-state index contributed by atoms with van der Waals surface area (Å²) < 4.78 is 0. The summed E-state index contributed by atoms with van der Waals surface area (Å²) in [5.41, 5.74) is 0.285. The quantitative estimate of drug-likeness (QED) is 0.760. The van der Waals surface area contributed by atoms with Crippen molar-refractivity contribution >= 4 is 23.4 Å². The van der Waals surface area contributed by atoms with Crippen molar-refractivity contribution in [2.24, 2.45) is 5.92 Å². The molecule has 1 aromatic carbocycles. The SMILES string of the molecule is CN(C)CCNC(=O)CCC1CCN(C(=O)c2ccc(Cl)cc2O)CC1. The molecule has 1 aliphatic rings. The Morgan fingerprint density at radius 1 is 1.31 bits per heavy atom. The molecule has 0 atom stereocenters. The van der Waals surface area contributed by atoms with Gasteiger partial charge in [0.15, 0.2) is 0 Å². The fourth-order valence-electron chi connectivity index (χ4n) is 3.12. The Balaban J connectivity index is 1.73. The lowest BCUT2D eigenvalue weighted by Gasteiger charge is -2.32. The number of phenols is 1. The second kappa shape index (κ2) is 9.78. The number of phenolic OH excluding ortho intramolecular Hbond substituents is 1. The second-order valence-electron chi connectivity index (χ2n) is 7.09. The van der Waals surface area contributed by atoms with Crippen molar-refractivity contribution in [3.8, 4) is 5.75 Å². The van der Waals surface area contributed by atoms with Crippen LogP contribution in [0.3, 0.4) is 0 Å². The number of benzene rings is 1. The molecule has 1 heterocycles. The van der Waals surface area contributed by atoms with Gasteiger partial charge in [0.2, 0.25) is 5.91 Å². The number of carbonyl (C=O) groups is 2.